The SMILES string of the molecule is O=S(=O)(/C(=N\OC1CCCCO1)[Se]c1ccccc1)c1ccccc1. The van der Waals surface area contributed by atoms with Gasteiger partial charge in [-0.2, -0.15) is 0 Å². The van der Waals surface area contributed by atoms with Gasteiger partial charge >= 0.3 is 154 Å². The fourth-order valence-electron chi connectivity index (χ4n) is 2.31. The normalized spacial score (nSPS) is 18.7. The van der Waals surface area contributed by atoms with E-state index in [1.165, 1.54) is 0 Å². The monoisotopic (exact) mass is 425 g/mol. The van der Waals surface area contributed by atoms with Crippen molar-refractivity contribution in [3.63, 3.8) is 0 Å². The second-order valence-electron chi connectivity index (χ2n) is 5.49. The van der Waals surface area contributed by atoms with Crippen LogP contribution in [-0.4, -0.2) is 40.2 Å². The predicted octanol–water partition coefficient (Wildman–Crippen LogP) is 2.30. The first-order valence-electron chi connectivity index (χ1n) is 8.05. The van der Waals surface area contributed by atoms with Crippen molar-refractivity contribution in [3.05, 3.63) is 60.7 Å². The van der Waals surface area contributed by atoms with E-state index in [9.17, 15) is 8.42 Å². The molecule has 1 aliphatic rings. The maximum absolute atomic E-state index is 13.0. The number of oxime groups is 1. The number of hydrogen-bond donors (Lipinski definition) is 0. The molecule has 1 atom stereocenters. The molecule has 2 aromatic rings. The fourth-order valence-corrected chi connectivity index (χ4v) is 6.28. The number of nitrogens with zero attached hydrogens (tertiary/aromatic N) is 1. The van der Waals surface area contributed by atoms with Crippen molar-refractivity contribution >= 4 is 33.2 Å². The van der Waals surface area contributed by atoms with Crippen molar-refractivity contribution in [1.29, 1.82) is 0 Å². The molecule has 7 heteroatoms. The van der Waals surface area contributed by atoms with Crippen LogP contribution in [0.15, 0.2) is 70.7 Å². The van der Waals surface area contributed by atoms with Gasteiger partial charge in [-0.15, -0.1) is 0 Å². The molecule has 0 aromatic heterocycles. The number of hydrogen-bond acceptors (Lipinski definition) is 5. The summed E-state index contributed by atoms with van der Waals surface area (Å²) in [6, 6.07) is 17.8. The molecule has 1 saturated heterocycles. The Labute approximate surface area is 154 Å². The summed E-state index contributed by atoms with van der Waals surface area (Å²) < 4.78 is 32.4. The van der Waals surface area contributed by atoms with E-state index in [4.69, 9.17) is 9.57 Å². The first-order valence-corrected chi connectivity index (χ1v) is 11.2. The first kappa shape index (κ1) is 18.1. The number of benzene rings is 2. The Balaban J connectivity index is 1.88. The molecule has 0 amide bonds. The Kier molecular flexibility index (Phi) is 6.26. The van der Waals surface area contributed by atoms with Gasteiger partial charge in [0.1, 0.15) is 0 Å². The molecule has 3 rings (SSSR count). The quantitative estimate of drug-likeness (QED) is 0.320. The molecule has 25 heavy (non-hydrogen) atoms. The Morgan fingerprint density at radius 1 is 1.04 bits per heavy atom. The van der Waals surface area contributed by atoms with Crippen LogP contribution in [0.3, 0.4) is 0 Å². The predicted molar refractivity (Wildman–Crippen MR) is 97.6 cm³/mol. The van der Waals surface area contributed by atoms with Crippen LogP contribution >= 0.6 is 0 Å². The summed E-state index contributed by atoms with van der Waals surface area (Å²) in [6.45, 7) is 0.616. The second kappa shape index (κ2) is 8.63. The molecule has 1 fully saturated rings. The summed E-state index contributed by atoms with van der Waals surface area (Å²) in [7, 11) is -3.70. The third-order valence-electron chi connectivity index (χ3n) is 3.61. The van der Waals surface area contributed by atoms with Gasteiger partial charge in [0.05, 0.1) is 0 Å². The summed E-state index contributed by atoms with van der Waals surface area (Å²) in [5.74, 6) is 0. The van der Waals surface area contributed by atoms with Gasteiger partial charge in [-0.05, 0) is 0 Å². The van der Waals surface area contributed by atoms with Crippen LogP contribution in [0.25, 0.3) is 0 Å². The molecular formula is C18H19NO4SSe. The zero-order chi connectivity index (χ0) is 17.5. The van der Waals surface area contributed by atoms with Crippen LogP contribution in [0.4, 0.5) is 0 Å². The van der Waals surface area contributed by atoms with Gasteiger partial charge in [0.25, 0.3) is 0 Å². The molecule has 1 unspecified atom stereocenters. The molecule has 0 aliphatic carbocycles. The molecule has 5 nitrogen and oxygen atoms in total. The summed E-state index contributed by atoms with van der Waals surface area (Å²) in [6.07, 6.45) is 2.24. The molecule has 132 valence electrons. The Morgan fingerprint density at radius 2 is 1.72 bits per heavy atom. The molecule has 1 aliphatic heterocycles. The van der Waals surface area contributed by atoms with Gasteiger partial charge in [0.15, 0.2) is 0 Å². The number of sulfone groups is 1. The van der Waals surface area contributed by atoms with Crippen molar-refractivity contribution in [2.45, 2.75) is 30.4 Å². The van der Waals surface area contributed by atoms with E-state index in [-0.39, 0.29) is 8.84 Å². The van der Waals surface area contributed by atoms with Gasteiger partial charge < -0.3 is 0 Å². The van der Waals surface area contributed by atoms with Crippen molar-refractivity contribution in [1.82, 2.24) is 0 Å². The van der Waals surface area contributed by atoms with Crippen LogP contribution in [0.1, 0.15) is 19.3 Å². The number of ether oxygens (including phenoxy) is 1. The topological polar surface area (TPSA) is 65.0 Å². The first-order chi connectivity index (χ1) is 12.2. The molecule has 0 radical (unpaired) electrons. The Hall–Kier alpha value is -1.66. The van der Waals surface area contributed by atoms with Crippen LogP contribution in [0.2, 0.25) is 0 Å². The molecule has 0 spiro atoms. The summed E-state index contributed by atoms with van der Waals surface area (Å²) in [5, 5.41) is 4.02. The third kappa shape index (κ3) is 4.92. The minimum absolute atomic E-state index is 0.0478. The summed E-state index contributed by atoms with van der Waals surface area (Å²) >= 11 is -0.495. The summed E-state index contributed by atoms with van der Waals surface area (Å²) in [5.41, 5.74) is 0. The molecule has 0 bridgehead atoms. The maximum atomic E-state index is 13.0. The molecular weight excluding hydrogens is 405 g/mol. The van der Waals surface area contributed by atoms with E-state index in [2.05, 4.69) is 5.16 Å². The standard InChI is InChI=1S/C18H19NO4SSe/c20-24(21,15-9-3-1-4-10-15)18(25-16-11-5-2-6-12-16)19-23-17-13-7-8-14-22-17/h1-6,9-12,17H,7-8,13-14H2/b19-18+. The van der Waals surface area contributed by atoms with Crippen molar-refractivity contribution < 1.29 is 18.0 Å². The van der Waals surface area contributed by atoms with Gasteiger partial charge in [-0.1, -0.05) is 0 Å². The second-order valence-corrected chi connectivity index (χ2v) is 10.2. The van der Waals surface area contributed by atoms with Gasteiger partial charge in [-0.25, -0.2) is 0 Å². The van der Waals surface area contributed by atoms with Gasteiger partial charge in [0, 0.05) is 0 Å². The van der Waals surface area contributed by atoms with Crippen LogP contribution in [0, 0.1) is 0 Å². The van der Waals surface area contributed by atoms with E-state index in [1.807, 2.05) is 30.3 Å². The zero-order valence-electron chi connectivity index (χ0n) is 13.6. The van der Waals surface area contributed by atoms with E-state index < -0.39 is 31.1 Å². The van der Waals surface area contributed by atoms with Crippen LogP contribution < -0.4 is 4.46 Å². The third-order valence-corrected chi connectivity index (χ3v) is 8.44. The van der Waals surface area contributed by atoms with E-state index >= 15 is 0 Å². The van der Waals surface area contributed by atoms with Crippen LogP contribution in [0.5, 0.6) is 0 Å². The van der Waals surface area contributed by atoms with E-state index in [0.717, 1.165) is 23.7 Å². The fraction of sp³-hybridized carbons (Fsp3) is 0.278. The van der Waals surface area contributed by atoms with E-state index in [0.29, 0.717) is 6.61 Å². The zero-order valence-corrected chi connectivity index (χ0v) is 16.1. The average molecular weight is 424 g/mol. The van der Waals surface area contributed by atoms with Crippen molar-refractivity contribution in [2.24, 2.45) is 5.16 Å². The van der Waals surface area contributed by atoms with E-state index in [1.54, 1.807) is 30.3 Å². The van der Waals surface area contributed by atoms with Crippen molar-refractivity contribution in [3.8, 4) is 0 Å². The molecule has 0 saturated carbocycles. The average Bonchev–Trinajstić information content (AvgIpc) is 2.67. The van der Waals surface area contributed by atoms with Crippen molar-refractivity contribution in [2.75, 3.05) is 6.61 Å². The Morgan fingerprint density at radius 3 is 2.36 bits per heavy atom. The molecule has 1 heterocycles. The van der Waals surface area contributed by atoms with Gasteiger partial charge in [0.2, 0.25) is 0 Å². The summed E-state index contributed by atoms with van der Waals surface area (Å²) in [4.78, 5) is 5.65. The number of rotatable bonds is 5. The van der Waals surface area contributed by atoms with Gasteiger partial charge in [-0.3, -0.25) is 0 Å². The molecule has 0 N–H and O–H groups in total. The molecule has 2 aromatic carbocycles. The van der Waals surface area contributed by atoms with Crippen LogP contribution in [-0.2, 0) is 19.4 Å². The minimum atomic E-state index is -3.70. The Bertz CT molecular complexity index is 803.